The van der Waals surface area contributed by atoms with Gasteiger partial charge in [0.25, 0.3) is 0 Å². The Hall–Kier alpha value is -2.44. The lowest BCUT2D eigenvalue weighted by molar-refractivity contribution is 0.297. The van der Waals surface area contributed by atoms with E-state index < -0.39 is 0 Å². The van der Waals surface area contributed by atoms with Crippen LogP contribution in [0.3, 0.4) is 0 Å². The van der Waals surface area contributed by atoms with Crippen LogP contribution in [0, 0.1) is 0 Å². The topological polar surface area (TPSA) is 48.3 Å². The van der Waals surface area contributed by atoms with Gasteiger partial charge in [0.1, 0.15) is 0 Å². The second-order valence-corrected chi connectivity index (χ2v) is 7.72. The summed E-state index contributed by atoms with van der Waals surface area (Å²) in [5, 5.41) is 8.21. The molecule has 0 unspecified atom stereocenters. The second kappa shape index (κ2) is 8.71. The first-order chi connectivity index (χ1) is 13.7. The fraction of sp³-hybridized carbons (Fsp3) is 0.318. The van der Waals surface area contributed by atoms with Crippen molar-refractivity contribution in [1.82, 2.24) is 15.1 Å². The number of hydrogen-bond acceptors (Lipinski definition) is 5. The standard InChI is InChI=1S/C22H25N3O2S/c1-25-15-18(14-23-13-16-4-7-19(28-2)8-5-16)22(24-25)17-6-9-20-21(12-17)27-11-3-10-26-20/h4-9,12,15,23H,3,10-11,13-14H2,1-2H3. The van der Waals surface area contributed by atoms with Gasteiger partial charge in [-0.1, -0.05) is 12.1 Å². The van der Waals surface area contributed by atoms with E-state index in [1.54, 1.807) is 11.8 Å². The number of aryl methyl sites for hydroxylation is 1. The molecule has 0 spiro atoms. The van der Waals surface area contributed by atoms with Gasteiger partial charge >= 0.3 is 0 Å². The average molecular weight is 396 g/mol. The molecule has 6 heteroatoms. The van der Waals surface area contributed by atoms with Crippen molar-refractivity contribution < 1.29 is 9.47 Å². The molecule has 2 heterocycles. The summed E-state index contributed by atoms with van der Waals surface area (Å²) < 4.78 is 13.4. The van der Waals surface area contributed by atoms with Gasteiger partial charge in [0.05, 0.1) is 18.9 Å². The molecule has 0 amide bonds. The number of rotatable bonds is 6. The Morgan fingerprint density at radius 1 is 1.04 bits per heavy atom. The molecule has 0 saturated heterocycles. The molecule has 28 heavy (non-hydrogen) atoms. The number of thioether (sulfide) groups is 1. The molecule has 4 rings (SSSR count). The van der Waals surface area contributed by atoms with E-state index in [9.17, 15) is 0 Å². The van der Waals surface area contributed by atoms with Crippen LogP contribution in [0.15, 0.2) is 53.6 Å². The van der Waals surface area contributed by atoms with Gasteiger partial charge in [-0.2, -0.15) is 5.10 Å². The number of nitrogens with zero attached hydrogens (tertiary/aromatic N) is 2. The molecule has 0 bridgehead atoms. The van der Waals surface area contributed by atoms with Gasteiger partial charge in [-0.05, 0) is 42.2 Å². The van der Waals surface area contributed by atoms with Crippen molar-refractivity contribution in [3.63, 3.8) is 0 Å². The Bertz CT molecular complexity index is 937. The highest BCUT2D eigenvalue weighted by Gasteiger charge is 2.15. The number of ether oxygens (including phenoxy) is 2. The summed E-state index contributed by atoms with van der Waals surface area (Å²) in [6.45, 7) is 2.96. The Morgan fingerprint density at radius 3 is 2.61 bits per heavy atom. The number of hydrogen-bond donors (Lipinski definition) is 1. The van der Waals surface area contributed by atoms with Gasteiger partial charge in [-0.15, -0.1) is 11.8 Å². The maximum Gasteiger partial charge on any atom is 0.161 e. The third-order valence-electron chi connectivity index (χ3n) is 4.73. The summed E-state index contributed by atoms with van der Waals surface area (Å²) in [6, 6.07) is 14.7. The van der Waals surface area contributed by atoms with Gasteiger partial charge in [-0.3, -0.25) is 4.68 Å². The van der Waals surface area contributed by atoms with E-state index in [-0.39, 0.29) is 0 Å². The predicted octanol–water partition coefficient (Wildman–Crippen LogP) is 4.26. The van der Waals surface area contributed by atoms with Crippen LogP contribution < -0.4 is 14.8 Å². The van der Waals surface area contributed by atoms with Gasteiger partial charge < -0.3 is 14.8 Å². The van der Waals surface area contributed by atoms with E-state index in [2.05, 4.69) is 53.2 Å². The van der Waals surface area contributed by atoms with E-state index in [0.29, 0.717) is 13.2 Å². The van der Waals surface area contributed by atoms with Crippen LogP contribution in [0.25, 0.3) is 11.3 Å². The number of fused-ring (bicyclic) bond motifs is 1. The summed E-state index contributed by atoms with van der Waals surface area (Å²) in [5.41, 5.74) is 4.46. The first-order valence-corrected chi connectivity index (χ1v) is 10.7. The second-order valence-electron chi connectivity index (χ2n) is 6.84. The predicted molar refractivity (Wildman–Crippen MR) is 113 cm³/mol. The normalized spacial score (nSPS) is 13.4. The number of benzene rings is 2. The van der Waals surface area contributed by atoms with Crippen LogP contribution in [-0.2, 0) is 20.1 Å². The molecule has 1 N–H and O–H groups in total. The third kappa shape index (κ3) is 4.34. The number of aromatic nitrogens is 2. The Balaban J connectivity index is 1.48. The van der Waals surface area contributed by atoms with Crippen molar-refractivity contribution in [3.05, 3.63) is 59.8 Å². The highest BCUT2D eigenvalue weighted by Crippen LogP contribution is 2.34. The lowest BCUT2D eigenvalue weighted by atomic mass is 10.1. The molecular formula is C22H25N3O2S. The van der Waals surface area contributed by atoms with Crippen LogP contribution in [-0.4, -0.2) is 29.3 Å². The zero-order valence-corrected chi connectivity index (χ0v) is 17.1. The molecule has 0 aliphatic carbocycles. The van der Waals surface area contributed by atoms with Crippen molar-refractivity contribution in [2.45, 2.75) is 24.4 Å². The number of nitrogens with one attached hydrogen (secondary N) is 1. The minimum atomic E-state index is 0.683. The van der Waals surface area contributed by atoms with Crippen LogP contribution in [0.5, 0.6) is 11.5 Å². The summed E-state index contributed by atoms with van der Waals surface area (Å²) in [4.78, 5) is 1.28. The minimum absolute atomic E-state index is 0.683. The van der Waals surface area contributed by atoms with Crippen molar-refractivity contribution in [2.75, 3.05) is 19.5 Å². The van der Waals surface area contributed by atoms with Crippen molar-refractivity contribution >= 4 is 11.8 Å². The lowest BCUT2D eigenvalue weighted by Crippen LogP contribution is -2.12. The lowest BCUT2D eigenvalue weighted by Gasteiger charge is -2.10. The molecule has 0 fully saturated rings. The highest BCUT2D eigenvalue weighted by atomic mass is 32.2. The molecule has 2 aromatic carbocycles. The maximum atomic E-state index is 5.84. The summed E-state index contributed by atoms with van der Waals surface area (Å²) in [5.74, 6) is 1.61. The molecule has 1 aliphatic rings. The molecule has 1 aliphatic heterocycles. The monoisotopic (exact) mass is 395 g/mol. The molecule has 3 aromatic rings. The summed E-state index contributed by atoms with van der Waals surface area (Å²) in [7, 11) is 1.96. The van der Waals surface area contributed by atoms with E-state index in [1.165, 1.54) is 10.5 Å². The molecule has 0 saturated carbocycles. The molecule has 146 valence electrons. The largest absolute Gasteiger partial charge is 0.490 e. The van der Waals surface area contributed by atoms with Crippen molar-refractivity contribution in [1.29, 1.82) is 0 Å². The quantitative estimate of drug-likeness (QED) is 0.632. The van der Waals surface area contributed by atoms with Crippen LogP contribution >= 0.6 is 11.8 Å². The summed E-state index contributed by atoms with van der Waals surface area (Å²) in [6.07, 6.45) is 5.07. The first kappa shape index (κ1) is 18.9. The Kier molecular flexibility index (Phi) is 5.88. The van der Waals surface area contributed by atoms with Gasteiger partial charge in [0, 0.05) is 48.8 Å². The molecule has 0 radical (unpaired) electrons. The van der Waals surface area contributed by atoms with Gasteiger partial charge in [0.2, 0.25) is 0 Å². The minimum Gasteiger partial charge on any atom is -0.490 e. The van der Waals surface area contributed by atoms with E-state index in [1.807, 2.05) is 23.9 Å². The van der Waals surface area contributed by atoms with E-state index >= 15 is 0 Å². The first-order valence-electron chi connectivity index (χ1n) is 9.49. The maximum absolute atomic E-state index is 5.84. The molecule has 5 nitrogen and oxygen atoms in total. The van der Waals surface area contributed by atoms with Crippen LogP contribution in [0.1, 0.15) is 17.5 Å². The Morgan fingerprint density at radius 2 is 1.82 bits per heavy atom. The van der Waals surface area contributed by atoms with Crippen molar-refractivity contribution in [3.8, 4) is 22.8 Å². The highest BCUT2D eigenvalue weighted by molar-refractivity contribution is 7.98. The third-order valence-corrected chi connectivity index (χ3v) is 5.47. The van der Waals surface area contributed by atoms with E-state index in [4.69, 9.17) is 9.47 Å². The van der Waals surface area contributed by atoms with Gasteiger partial charge in [0.15, 0.2) is 11.5 Å². The fourth-order valence-corrected chi connectivity index (χ4v) is 3.71. The van der Waals surface area contributed by atoms with Crippen molar-refractivity contribution in [2.24, 2.45) is 7.05 Å². The van der Waals surface area contributed by atoms with E-state index in [0.717, 1.165) is 47.8 Å². The molecule has 0 atom stereocenters. The molecule has 1 aromatic heterocycles. The average Bonchev–Trinajstić information content (AvgIpc) is 2.94. The zero-order chi connectivity index (χ0) is 19.3. The SMILES string of the molecule is CSc1ccc(CNCc2cn(C)nc2-c2ccc3c(c2)OCCCO3)cc1. The summed E-state index contributed by atoms with van der Waals surface area (Å²) >= 11 is 1.76. The van der Waals surface area contributed by atoms with Crippen LogP contribution in [0.4, 0.5) is 0 Å². The van der Waals surface area contributed by atoms with Gasteiger partial charge in [-0.25, -0.2) is 0 Å². The zero-order valence-electron chi connectivity index (χ0n) is 16.3. The Labute approximate surface area is 170 Å². The van der Waals surface area contributed by atoms with Crippen LogP contribution in [0.2, 0.25) is 0 Å². The fourth-order valence-electron chi connectivity index (χ4n) is 3.31. The smallest absolute Gasteiger partial charge is 0.161 e. The molecular weight excluding hydrogens is 370 g/mol.